The Hall–Kier alpha value is -2.88. The van der Waals surface area contributed by atoms with Crippen molar-refractivity contribution in [1.29, 1.82) is 0 Å². The highest BCUT2D eigenvalue weighted by atomic mass is 16.7. The number of allylic oxidation sites excluding steroid dienone is 4. The van der Waals surface area contributed by atoms with E-state index in [4.69, 9.17) is 23.7 Å². The largest absolute Gasteiger partial charge is 0.508 e. The van der Waals surface area contributed by atoms with E-state index in [1.165, 1.54) is 64.2 Å². The van der Waals surface area contributed by atoms with Gasteiger partial charge in [0, 0.05) is 25.8 Å². The van der Waals surface area contributed by atoms with Crippen molar-refractivity contribution in [3.05, 3.63) is 24.3 Å². The van der Waals surface area contributed by atoms with Crippen LogP contribution in [0.25, 0.3) is 0 Å². The van der Waals surface area contributed by atoms with Gasteiger partial charge in [0.1, 0.15) is 26.4 Å². The quantitative estimate of drug-likeness (QED) is 0.0253. The lowest BCUT2D eigenvalue weighted by Gasteiger charge is -2.19. The summed E-state index contributed by atoms with van der Waals surface area (Å²) in [4.78, 5) is 51.9. The van der Waals surface area contributed by atoms with Crippen LogP contribution >= 0.6 is 0 Å². The summed E-state index contributed by atoms with van der Waals surface area (Å²) in [5.74, 6) is -0.719. The van der Waals surface area contributed by atoms with Crippen molar-refractivity contribution < 1.29 is 42.9 Å². The van der Waals surface area contributed by atoms with Crippen LogP contribution in [0.5, 0.6) is 0 Å². The van der Waals surface area contributed by atoms with Gasteiger partial charge < -0.3 is 28.6 Å². The summed E-state index contributed by atoms with van der Waals surface area (Å²) in [5.41, 5.74) is 0. The molecule has 0 aromatic heterocycles. The highest BCUT2D eigenvalue weighted by molar-refractivity contribution is 5.70. The number of ether oxygens (including phenoxy) is 5. The van der Waals surface area contributed by atoms with Crippen molar-refractivity contribution in [3.8, 4) is 0 Å². The molecule has 0 heterocycles. The van der Waals surface area contributed by atoms with E-state index in [0.717, 1.165) is 103 Å². The molecule has 61 heavy (non-hydrogen) atoms. The van der Waals surface area contributed by atoms with E-state index in [-0.39, 0.29) is 50.8 Å². The molecule has 0 N–H and O–H groups in total. The Morgan fingerprint density at radius 1 is 0.426 bits per heavy atom. The van der Waals surface area contributed by atoms with Gasteiger partial charge in [0.05, 0.1) is 12.5 Å². The topological polar surface area (TPSA) is 118 Å². The average molecular weight is 864 g/mol. The molecule has 0 aliphatic heterocycles. The Morgan fingerprint density at radius 2 is 0.836 bits per heavy atom. The van der Waals surface area contributed by atoms with Crippen LogP contribution in [0.4, 0.5) is 4.79 Å². The minimum atomic E-state index is -0.791. The van der Waals surface area contributed by atoms with Gasteiger partial charge in [-0.2, -0.15) is 0 Å². The standard InChI is InChI=1S/C51H93NO9/c1-6-11-14-16-17-18-19-20-21-22-23-24-25-28-32-38-49(54)59-43-47(45-61-51(56)57-41-40-52(9-4)10-5)44-60-50(55)39-34-30-27-26-29-33-37-48(53)58-42-46(35-13-8-3)36-31-15-12-7-2/h17-18,20-21,46-47H,6-16,19,22-45H2,1-5H3/b18-17-,21-20-. The number of nitrogens with zero attached hydrogens (tertiary/aromatic N) is 1. The van der Waals surface area contributed by atoms with Crippen LogP contribution in [-0.2, 0) is 38.1 Å². The summed E-state index contributed by atoms with van der Waals surface area (Å²) < 4.78 is 27.3. The predicted octanol–water partition coefficient (Wildman–Crippen LogP) is 13.4. The third-order valence-electron chi connectivity index (χ3n) is 11.2. The van der Waals surface area contributed by atoms with Crippen molar-refractivity contribution in [2.75, 3.05) is 52.7 Å². The van der Waals surface area contributed by atoms with Gasteiger partial charge in [0.15, 0.2) is 0 Å². The number of likely N-dealkylation sites (N-methyl/N-ethyl adjacent to an activating group) is 1. The summed E-state index contributed by atoms with van der Waals surface area (Å²) in [6, 6.07) is 0. The van der Waals surface area contributed by atoms with Crippen molar-refractivity contribution in [1.82, 2.24) is 4.90 Å². The van der Waals surface area contributed by atoms with Gasteiger partial charge >= 0.3 is 24.1 Å². The Balaban J connectivity index is 4.42. The van der Waals surface area contributed by atoms with E-state index in [1.807, 2.05) is 13.8 Å². The summed E-state index contributed by atoms with van der Waals surface area (Å²) in [6.45, 7) is 13.8. The van der Waals surface area contributed by atoms with E-state index >= 15 is 0 Å². The molecule has 0 amide bonds. The number of carbonyl (C=O) groups excluding carboxylic acids is 4. The minimum Gasteiger partial charge on any atom is -0.465 e. The molecule has 0 aliphatic rings. The van der Waals surface area contributed by atoms with Crippen molar-refractivity contribution in [2.24, 2.45) is 11.8 Å². The molecule has 0 fully saturated rings. The number of hydrogen-bond donors (Lipinski definition) is 0. The zero-order chi connectivity index (χ0) is 44.9. The van der Waals surface area contributed by atoms with Gasteiger partial charge in [-0.05, 0) is 83.2 Å². The molecule has 10 heteroatoms. The minimum absolute atomic E-state index is 0.00880. The fourth-order valence-corrected chi connectivity index (χ4v) is 7.01. The maximum Gasteiger partial charge on any atom is 0.508 e. The summed E-state index contributed by atoms with van der Waals surface area (Å²) in [7, 11) is 0. The number of hydrogen-bond acceptors (Lipinski definition) is 10. The maximum absolute atomic E-state index is 12.6. The first-order chi connectivity index (χ1) is 29.8. The summed E-state index contributed by atoms with van der Waals surface area (Å²) in [5, 5.41) is 0. The molecule has 2 atom stereocenters. The number of esters is 3. The maximum atomic E-state index is 12.6. The Kier molecular flexibility index (Phi) is 43.0. The lowest BCUT2D eigenvalue weighted by atomic mass is 9.96. The van der Waals surface area contributed by atoms with Crippen molar-refractivity contribution in [2.45, 2.75) is 214 Å². The van der Waals surface area contributed by atoms with Crippen molar-refractivity contribution >= 4 is 24.1 Å². The molecule has 2 unspecified atom stereocenters. The molecule has 0 saturated carbocycles. The van der Waals surface area contributed by atoms with Gasteiger partial charge in [-0.1, -0.05) is 155 Å². The molecule has 0 aromatic rings. The third-order valence-corrected chi connectivity index (χ3v) is 11.2. The lowest BCUT2D eigenvalue weighted by molar-refractivity contribution is -0.150. The SMILES string of the molecule is CCCCC/C=C\C/C=C\CCCCCCCC(=O)OCC(COC(=O)CCCCCCCCC(=O)OCC(CCCC)CCCCCC)COC(=O)OCCN(CC)CC. The van der Waals surface area contributed by atoms with Crippen LogP contribution in [0.2, 0.25) is 0 Å². The van der Waals surface area contributed by atoms with Gasteiger partial charge in [-0.15, -0.1) is 0 Å². The monoisotopic (exact) mass is 864 g/mol. The molecule has 0 radical (unpaired) electrons. The second-order valence-electron chi connectivity index (χ2n) is 16.8. The van der Waals surface area contributed by atoms with Crippen LogP contribution in [0.1, 0.15) is 214 Å². The zero-order valence-electron chi connectivity index (χ0n) is 40.0. The second kappa shape index (κ2) is 45.2. The Bertz CT molecular complexity index is 1090. The zero-order valence-corrected chi connectivity index (χ0v) is 40.0. The first-order valence-corrected chi connectivity index (χ1v) is 25.1. The summed E-state index contributed by atoms with van der Waals surface area (Å²) >= 11 is 0. The molecule has 0 aromatic carbocycles. The molecule has 0 bridgehead atoms. The highest BCUT2D eigenvalue weighted by Crippen LogP contribution is 2.19. The molecule has 356 valence electrons. The fourth-order valence-electron chi connectivity index (χ4n) is 7.01. The molecule has 10 nitrogen and oxygen atoms in total. The highest BCUT2D eigenvalue weighted by Gasteiger charge is 2.19. The van der Waals surface area contributed by atoms with Gasteiger partial charge in [-0.25, -0.2) is 4.79 Å². The number of unbranched alkanes of at least 4 members (excludes halogenated alkanes) is 17. The first-order valence-electron chi connectivity index (χ1n) is 25.1. The molecule has 0 spiro atoms. The number of rotatable bonds is 44. The van der Waals surface area contributed by atoms with Crippen LogP contribution in [0, 0.1) is 11.8 Å². The molecular formula is C51H93NO9. The van der Waals surface area contributed by atoms with E-state index in [9.17, 15) is 19.2 Å². The molecule has 0 saturated heterocycles. The van der Waals surface area contributed by atoms with Crippen LogP contribution in [0.15, 0.2) is 24.3 Å². The van der Waals surface area contributed by atoms with Gasteiger partial charge in [-0.3, -0.25) is 14.4 Å². The number of carbonyl (C=O) groups is 4. The van der Waals surface area contributed by atoms with Crippen LogP contribution in [-0.4, -0.2) is 81.6 Å². The predicted molar refractivity (Wildman–Crippen MR) is 250 cm³/mol. The van der Waals surface area contributed by atoms with Gasteiger partial charge in [0.2, 0.25) is 0 Å². The van der Waals surface area contributed by atoms with E-state index in [2.05, 4.69) is 50.0 Å². The lowest BCUT2D eigenvalue weighted by Crippen LogP contribution is -2.29. The van der Waals surface area contributed by atoms with E-state index in [0.29, 0.717) is 38.3 Å². The van der Waals surface area contributed by atoms with Crippen LogP contribution < -0.4 is 0 Å². The average Bonchev–Trinajstić information content (AvgIpc) is 3.26. The van der Waals surface area contributed by atoms with Crippen molar-refractivity contribution in [3.63, 3.8) is 0 Å². The fraction of sp³-hybridized carbons (Fsp3) is 0.843. The second-order valence-corrected chi connectivity index (χ2v) is 16.8. The Labute approximate surface area is 374 Å². The Morgan fingerprint density at radius 3 is 1.34 bits per heavy atom. The van der Waals surface area contributed by atoms with Gasteiger partial charge in [0.25, 0.3) is 0 Å². The molecule has 0 rings (SSSR count). The molecule has 0 aliphatic carbocycles. The normalized spacial score (nSPS) is 12.6. The molecular weight excluding hydrogens is 771 g/mol. The summed E-state index contributed by atoms with van der Waals surface area (Å²) in [6.07, 6.45) is 36.6. The van der Waals surface area contributed by atoms with E-state index < -0.39 is 12.1 Å². The van der Waals surface area contributed by atoms with Crippen LogP contribution in [0.3, 0.4) is 0 Å². The van der Waals surface area contributed by atoms with E-state index in [1.54, 1.807) is 0 Å². The first kappa shape index (κ1) is 58.1. The smallest absolute Gasteiger partial charge is 0.465 e. The third kappa shape index (κ3) is 40.9.